The Labute approximate surface area is 111 Å². The maximum Gasteiger partial charge on any atom is 0.253 e. The molecule has 1 aromatic rings. The van der Waals surface area contributed by atoms with Gasteiger partial charge in [-0.2, -0.15) is 0 Å². The Morgan fingerprint density at radius 2 is 2.11 bits per heavy atom. The maximum atomic E-state index is 13.0. The standard InChI is InChI=1S/C13H17ClFNO2/c1-16(7-3-2-4-8-17)13(18)10-5-6-12(15)11(14)9-10/h5-6,9,17H,2-4,7-8H2,1H3. The van der Waals surface area contributed by atoms with Gasteiger partial charge in [0.25, 0.3) is 5.91 Å². The van der Waals surface area contributed by atoms with Crippen molar-refractivity contribution in [1.29, 1.82) is 0 Å². The highest BCUT2D eigenvalue weighted by atomic mass is 35.5. The molecule has 1 rings (SSSR count). The second-order valence-corrected chi connectivity index (χ2v) is 4.55. The van der Waals surface area contributed by atoms with Crippen molar-refractivity contribution in [2.24, 2.45) is 0 Å². The van der Waals surface area contributed by atoms with E-state index in [2.05, 4.69) is 0 Å². The van der Waals surface area contributed by atoms with Crippen molar-refractivity contribution in [2.45, 2.75) is 19.3 Å². The maximum absolute atomic E-state index is 13.0. The SMILES string of the molecule is CN(CCCCCO)C(=O)c1ccc(F)c(Cl)c1. The minimum absolute atomic E-state index is 0.0467. The van der Waals surface area contributed by atoms with Crippen LogP contribution in [0.2, 0.25) is 5.02 Å². The molecule has 0 aliphatic carbocycles. The van der Waals surface area contributed by atoms with Gasteiger partial charge in [0.2, 0.25) is 0 Å². The van der Waals surface area contributed by atoms with Crippen molar-refractivity contribution < 1.29 is 14.3 Å². The van der Waals surface area contributed by atoms with E-state index < -0.39 is 5.82 Å². The Hall–Kier alpha value is -1.13. The highest BCUT2D eigenvalue weighted by Gasteiger charge is 2.12. The molecule has 3 nitrogen and oxygen atoms in total. The molecule has 0 aliphatic rings. The van der Waals surface area contributed by atoms with Crippen molar-refractivity contribution in [1.82, 2.24) is 4.90 Å². The van der Waals surface area contributed by atoms with Gasteiger partial charge in [0.05, 0.1) is 5.02 Å². The molecule has 0 saturated carbocycles. The van der Waals surface area contributed by atoms with Crippen LogP contribution < -0.4 is 0 Å². The van der Waals surface area contributed by atoms with E-state index in [0.29, 0.717) is 12.1 Å². The molecule has 1 N–H and O–H groups in total. The minimum Gasteiger partial charge on any atom is -0.396 e. The molecule has 0 radical (unpaired) electrons. The van der Waals surface area contributed by atoms with E-state index in [1.807, 2.05) is 0 Å². The lowest BCUT2D eigenvalue weighted by atomic mass is 10.2. The van der Waals surface area contributed by atoms with E-state index in [-0.39, 0.29) is 17.5 Å². The van der Waals surface area contributed by atoms with Crippen LogP contribution in [-0.2, 0) is 0 Å². The number of amides is 1. The van der Waals surface area contributed by atoms with E-state index >= 15 is 0 Å². The number of unbranched alkanes of at least 4 members (excludes halogenated alkanes) is 2. The van der Waals surface area contributed by atoms with Gasteiger partial charge in [0.15, 0.2) is 0 Å². The first-order valence-electron chi connectivity index (χ1n) is 5.87. The lowest BCUT2D eigenvalue weighted by Crippen LogP contribution is -2.27. The van der Waals surface area contributed by atoms with Crippen LogP contribution in [0.5, 0.6) is 0 Å². The van der Waals surface area contributed by atoms with Crippen molar-refractivity contribution in [2.75, 3.05) is 20.2 Å². The normalized spacial score (nSPS) is 10.4. The molecule has 0 aliphatic heterocycles. The van der Waals surface area contributed by atoms with Gasteiger partial charge in [-0.25, -0.2) is 4.39 Å². The molecule has 5 heteroatoms. The molecule has 0 aromatic heterocycles. The predicted octanol–water partition coefficient (Wildman–Crippen LogP) is 2.71. The Kier molecular flexibility index (Phi) is 6.09. The van der Waals surface area contributed by atoms with E-state index in [4.69, 9.17) is 16.7 Å². The van der Waals surface area contributed by atoms with Gasteiger partial charge in [-0.1, -0.05) is 11.6 Å². The van der Waals surface area contributed by atoms with Gasteiger partial charge >= 0.3 is 0 Å². The summed E-state index contributed by atoms with van der Waals surface area (Å²) < 4.78 is 13.0. The van der Waals surface area contributed by atoms with E-state index in [1.54, 1.807) is 11.9 Å². The van der Waals surface area contributed by atoms with Crippen LogP contribution in [0.4, 0.5) is 4.39 Å². The van der Waals surface area contributed by atoms with Crippen LogP contribution in [0, 0.1) is 5.82 Å². The summed E-state index contributed by atoms with van der Waals surface area (Å²) in [5.41, 5.74) is 0.381. The monoisotopic (exact) mass is 273 g/mol. The van der Waals surface area contributed by atoms with Crippen LogP contribution in [0.3, 0.4) is 0 Å². The van der Waals surface area contributed by atoms with Crippen molar-refractivity contribution in [3.63, 3.8) is 0 Å². The Bertz CT molecular complexity index is 412. The summed E-state index contributed by atoms with van der Waals surface area (Å²) in [6.45, 7) is 0.777. The molecule has 1 aromatic carbocycles. The average Bonchev–Trinajstić information content (AvgIpc) is 2.37. The van der Waals surface area contributed by atoms with Crippen molar-refractivity contribution >= 4 is 17.5 Å². The Morgan fingerprint density at radius 3 is 2.72 bits per heavy atom. The second-order valence-electron chi connectivity index (χ2n) is 4.14. The molecule has 0 unspecified atom stereocenters. The van der Waals surface area contributed by atoms with E-state index in [0.717, 1.165) is 19.3 Å². The third-order valence-electron chi connectivity index (χ3n) is 2.66. The molecule has 0 saturated heterocycles. The fourth-order valence-electron chi connectivity index (χ4n) is 1.59. The van der Waals surface area contributed by atoms with Gasteiger partial charge in [-0.3, -0.25) is 4.79 Å². The first kappa shape index (κ1) is 14.9. The fraction of sp³-hybridized carbons (Fsp3) is 0.462. The molecule has 0 fully saturated rings. The number of halogens is 2. The zero-order chi connectivity index (χ0) is 13.5. The van der Waals surface area contributed by atoms with Crippen LogP contribution in [0.15, 0.2) is 18.2 Å². The van der Waals surface area contributed by atoms with Crippen molar-refractivity contribution in [3.8, 4) is 0 Å². The molecular formula is C13H17ClFNO2. The summed E-state index contributed by atoms with van der Waals surface area (Å²) >= 11 is 5.63. The highest BCUT2D eigenvalue weighted by molar-refractivity contribution is 6.31. The number of nitrogens with zero attached hydrogens (tertiary/aromatic N) is 1. The number of hydrogen-bond donors (Lipinski definition) is 1. The first-order chi connectivity index (χ1) is 8.56. The highest BCUT2D eigenvalue weighted by Crippen LogP contribution is 2.17. The molecular weight excluding hydrogens is 257 g/mol. The van der Waals surface area contributed by atoms with E-state index in [9.17, 15) is 9.18 Å². The number of carbonyl (C=O) groups excluding carboxylic acids is 1. The second kappa shape index (κ2) is 7.34. The van der Waals surface area contributed by atoms with Gasteiger partial charge in [0, 0.05) is 25.8 Å². The minimum atomic E-state index is -0.529. The van der Waals surface area contributed by atoms with Crippen LogP contribution in [0.25, 0.3) is 0 Å². The summed E-state index contributed by atoms with van der Waals surface area (Å²) in [6.07, 6.45) is 2.44. The Balaban J connectivity index is 2.54. The van der Waals surface area contributed by atoms with Gasteiger partial charge in [0.1, 0.15) is 5.82 Å². The molecule has 18 heavy (non-hydrogen) atoms. The summed E-state index contributed by atoms with van der Waals surface area (Å²) in [6, 6.07) is 3.95. The predicted molar refractivity (Wildman–Crippen MR) is 69.3 cm³/mol. The molecule has 0 atom stereocenters. The summed E-state index contributed by atoms with van der Waals surface area (Å²) in [5.74, 6) is -0.709. The van der Waals surface area contributed by atoms with Gasteiger partial charge < -0.3 is 10.0 Å². The summed E-state index contributed by atoms with van der Waals surface area (Å²) in [4.78, 5) is 13.5. The smallest absolute Gasteiger partial charge is 0.253 e. The number of rotatable bonds is 6. The lowest BCUT2D eigenvalue weighted by Gasteiger charge is -2.17. The molecule has 0 bridgehead atoms. The molecule has 0 spiro atoms. The first-order valence-corrected chi connectivity index (χ1v) is 6.25. The van der Waals surface area contributed by atoms with Gasteiger partial charge in [-0.05, 0) is 37.5 Å². The largest absolute Gasteiger partial charge is 0.396 e. The summed E-state index contributed by atoms with van der Waals surface area (Å²) in [5, 5.41) is 8.60. The van der Waals surface area contributed by atoms with Crippen LogP contribution in [-0.4, -0.2) is 36.1 Å². The number of aliphatic hydroxyl groups is 1. The number of hydrogen-bond acceptors (Lipinski definition) is 2. The molecule has 0 heterocycles. The molecule has 1 amide bonds. The average molecular weight is 274 g/mol. The number of aliphatic hydroxyl groups excluding tert-OH is 1. The lowest BCUT2D eigenvalue weighted by molar-refractivity contribution is 0.0792. The summed E-state index contributed by atoms with van der Waals surface area (Å²) in [7, 11) is 1.69. The van der Waals surface area contributed by atoms with Crippen LogP contribution >= 0.6 is 11.6 Å². The number of carbonyl (C=O) groups is 1. The Morgan fingerprint density at radius 1 is 1.39 bits per heavy atom. The zero-order valence-electron chi connectivity index (χ0n) is 10.3. The topological polar surface area (TPSA) is 40.5 Å². The van der Waals surface area contributed by atoms with Gasteiger partial charge in [-0.15, -0.1) is 0 Å². The molecule has 100 valence electrons. The van der Waals surface area contributed by atoms with Crippen LogP contribution in [0.1, 0.15) is 29.6 Å². The zero-order valence-corrected chi connectivity index (χ0v) is 11.1. The third kappa shape index (κ3) is 4.27. The quantitative estimate of drug-likeness (QED) is 0.810. The fourth-order valence-corrected chi connectivity index (χ4v) is 1.77. The van der Waals surface area contributed by atoms with Crippen molar-refractivity contribution in [3.05, 3.63) is 34.6 Å². The number of benzene rings is 1. The third-order valence-corrected chi connectivity index (χ3v) is 2.95. The van der Waals surface area contributed by atoms with E-state index in [1.165, 1.54) is 18.2 Å².